The van der Waals surface area contributed by atoms with Gasteiger partial charge in [0.1, 0.15) is 11.5 Å². The fraction of sp³-hybridized carbons (Fsp3) is 0.474. The Labute approximate surface area is 156 Å². The third-order valence-electron chi connectivity index (χ3n) is 5.37. The third kappa shape index (κ3) is 3.51. The Morgan fingerprint density at radius 3 is 2.67 bits per heavy atom. The maximum absolute atomic E-state index is 12.7. The number of aryl methyl sites for hydroxylation is 1. The van der Waals surface area contributed by atoms with Crippen molar-refractivity contribution in [3.05, 3.63) is 52.0 Å². The number of rotatable bonds is 3. The van der Waals surface area contributed by atoms with Gasteiger partial charge in [-0.05, 0) is 25.3 Å². The van der Waals surface area contributed by atoms with E-state index in [0.717, 1.165) is 18.7 Å². The molecule has 4 rings (SSSR count). The summed E-state index contributed by atoms with van der Waals surface area (Å²) in [7, 11) is 1.63. The van der Waals surface area contributed by atoms with Gasteiger partial charge in [0.15, 0.2) is 0 Å². The van der Waals surface area contributed by atoms with Crippen molar-refractivity contribution in [2.24, 2.45) is 7.05 Å². The van der Waals surface area contributed by atoms with Gasteiger partial charge in [-0.2, -0.15) is 0 Å². The third-order valence-corrected chi connectivity index (χ3v) is 5.37. The van der Waals surface area contributed by atoms with Gasteiger partial charge >= 0.3 is 0 Å². The lowest BCUT2D eigenvalue weighted by Gasteiger charge is -2.25. The Bertz CT molecular complexity index is 916. The van der Waals surface area contributed by atoms with E-state index in [1.165, 1.54) is 17.1 Å². The van der Waals surface area contributed by atoms with Crippen molar-refractivity contribution in [3.63, 3.8) is 0 Å². The number of nitrogens with one attached hydrogen (secondary N) is 1. The van der Waals surface area contributed by atoms with Crippen LogP contribution in [0, 0.1) is 0 Å². The molecule has 1 aliphatic carbocycles. The maximum atomic E-state index is 12.7. The number of carbonyl (C=O) groups excluding carboxylic acids is 2. The number of hydrogen-bond acceptors (Lipinski definition) is 4. The van der Waals surface area contributed by atoms with Gasteiger partial charge in [-0.1, -0.05) is 0 Å². The molecule has 0 aromatic carbocycles. The first kappa shape index (κ1) is 17.5. The van der Waals surface area contributed by atoms with Crippen LogP contribution >= 0.6 is 0 Å². The van der Waals surface area contributed by atoms with Crippen LogP contribution in [0.3, 0.4) is 0 Å². The molecule has 0 spiro atoms. The average Bonchev–Trinajstić information content (AvgIpc) is 2.93. The highest BCUT2D eigenvalue weighted by Gasteiger charge is 2.25. The normalized spacial score (nSPS) is 17.0. The SMILES string of the molecule is Cn1cc(C(=O)N2CCc3nc(C(=O)NC4CCC4)cn3CC2)ccc1=O. The summed E-state index contributed by atoms with van der Waals surface area (Å²) in [5, 5.41) is 3.01. The molecule has 1 N–H and O–H groups in total. The fourth-order valence-corrected chi connectivity index (χ4v) is 3.45. The van der Waals surface area contributed by atoms with E-state index < -0.39 is 0 Å². The summed E-state index contributed by atoms with van der Waals surface area (Å²) >= 11 is 0. The molecule has 2 aromatic rings. The minimum atomic E-state index is -0.143. The second-order valence-corrected chi connectivity index (χ2v) is 7.25. The minimum Gasteiger partial charge on any atom is -0.348 e. The molecule has 8 heteroatoms. The number of aromatic nitrogens is 3. The molecule has 8 nitrogen and oxygen atoms in total. The number of hydrogen-bond donors (Lipinski definition) is 1. The standard InChI is InChI=1S/C19H23N5O3/c1-22-11-13(5-6-17(22)25)19(27)23-8-7-16-21-15(12-24(16)10-9-23)18(26)20-14-3-2-4-14/h5-6,11-12,14H,2-4,7-10H2,1H3,(H,20,26). The summed E-state index contributed by atoms with van der Waals surface area (Å²) in [5.41, 5.74) is 0.808. The smallest absolute Gasteiger partial charge is 0.271 e. The van der Waals surface area contributed by atoms with Crippen molar-refractivity contribution in [1.82, 2.24) is 24.3 Å². The molecule has 1 saturated carbocycles. The number of imidazole rings is 1. The Hall–Kier alpha value is -2.90. The predicted octanol–water partition coefficient (Wildman–Crippen LogP) is 0.563. The lowest BCUT2D eigenvalue weighted by atomic mass is 9.93. The topological polar surface area (TPSA) is 89.2 Å². The lowest BCUT2D eigenvalue weighted by molar-refractivity contribution is 0.0757. The predicted molar refractivity (Wildman–Crippen MR) is 98.6 cm³/mol. The molecule has 27 heavy (non-hydrogen) atoms. The van der Waals surface area contributed by atoms with Crippen molar-refractivity contribution in [2.45, 2.75) is 38.3 Å². The highest BCUT2D eigenvalue weighted by molar-refractivity contribution is 5.94. The van der Waals surface area contributed by atoms with Crippen molar-refractivity contribution >= 4 is 11.8 Å². The van der Waals surface area contributed by atoms with Crippen LogP contribution in [0.4, 0.5) is 0 Å². The second kappa shape index (κ2) is 7.02. The van der Waals surface area contributed by atoms with Gasteiger partial charge in [-0.25, -0.2) is 4.98 Å². The van der Waals surface area contributed by atoms with E-state index in [4.69, 9.17) is 0 Å². The monoisotopic (exact) mass is 369 g/mol. The van der Waals surface area contributed by atoms with E-state index in [2.05, 4.69) is 10.3 Å². The molecule has 2 aromatic heterocycles. The van der Waals surface area contributed by atoms with Crippen molar-refractivity contribution in [1.29, 1.82) is 0 Å². The van der Waals surface area contributed by atoms with Gasteiger partial charge in [0.05, 0.1) is 5.56 Å². The van der Waals surface area contributed by atoms with Crippen LogP contribution in [-0.4, -0.2) is 50.0 Å². The molecule has 0 bridgehead atoms. The highest BCUT2D eigenvalue weighted by atomic mass is 16.2. The maximum Gasteiger partial charge on any atom is 0.271 e. The molecule has 2 amide bonds. The minimum absolute atomic E-state index is 0.0979. The first-order valence-corrected chi connectivity index (χ1v) is 9.34. The summed E-state index contributed by atoms with van der Waals surface area (Å²) in [6, 6.07) is 3.26. The summed E-state index contributed by atoms with van der Waals surface area (Å²) in [6.07, 6.45) is 7.20. The van der Waals surface area contributed by atoms with E-state index >= 15 is 0 Å². The molecule has 0 radical (unpaired) electrons. The molecule has 2 aliphatic rings. The first-order chi connectivity index (χ1) is 13.0. The fourth-order valence-electron chi connectivity index (χ4n) is 3.45. The molecule has 3 heterocycles. The van der Waals surface area contributed by atoms with Crippen LogP contribution < -0.4 is 10.9 Å². The molecular formula is C19H23N5O3. The van der Waals surface area contributed by atoms with Gasteiger partial charge in [0.25, 0.3) is 11.8 Å². The molecular weight excluding hydrogens is 346 g/mol. The van der Waals surface area contributed by atoms with Gasteiger partial charge in [-0.15, -0.1) is 0 Å². The first-order valence-electron chi connectivity index (χ1n) is 9.34. The summed E-state index contributed by atoms with van der Waals surface area (Å²) in [5.74, 6) is 0.613. The van der Waals surface area contributed by atoms with Crippen LogP contribution in [-0.2, 0) is 20.0 Å². The number of amides is 2. The number of carbonyl (C=O) groups is 2. The Morgan fingerprint density at radius 2 is 1.96 bits per heavy atom. The molecule has 1 aliphatic heterocycles. The quantitative estimate of drug-likeness (QED) is 0.856. The zero-order valence-corrected chi connectivity index (χ0v) is 15.4. The zero-order chi connectivity index (χ0) is 19.0. The van der Waals surface area contributed by atoms with E-state index in [1.807, 2.05) is 4.57 Å². The Kier molecular flexibility index (Phi) is 4.55. The summed E-state index contributed by atoms with van der Waals surface area (Å²) < 4.78 is 3.37. The van der Waals surface area contributed by atoms with Gasteiger partial charge in [0.2, 0.25) is 5.56 Å². The summed E-state index contributed by atoms with van der Waals surface area (Å²) in [4.78, 5) is 42.8. The van der Waals surface area contributed by atoms with Crippen molar-refractivity contribution in [3.8, 4) is 0 Å². The number of pyridine rings is 1. The van der Waals surface area contributed by atoms with Crippen LogP contribution in [0.1, 0.15) is 45.9 Å². The van der Waals surface area contributed by atoms with E-state index in [1.54, 1.807) is 30.4 Å². The molecule has 0 unspecified atom stereocenters. The van der Waals surface area contributed by atoms with Gasteiger partial charge in [0, 0.05) is 57.6 Å². The van der Waals surface area contributed by atoms with E-state index in [0.29, 0.717) is 37.3 Å². The van der Waals surface area contributed by atoms with Crippen LogP contribution in [0.15, 0.2) is 29.3 Å². The number of nitrogens with zero attached hydrogens (tertiary/aromatic N) is 4. The van der Waals surface area contributed by atoms with Crippen LogP contribution in [0.5, 0.6) is 0 Å². The van der Waals surface area contributed by atoms with E-state index in [-0.39, 0.29) is 23.4 Å². The van der Waals surface area contributed by atoms with Crippen LogP contribution in [0.25, 0.3) is 0 Å². The zero-order valence-electron chi connectivity index (χ0n) is 15.4. The Morgan fingerprint density at radius 1 is 1.15 bits per heavy atom. The second-order valence-electron chi connectivity index (χ2n) is 7.25. The summed E-state index contributed by atoms with van der Waals surface area (Å²) in [6.45, 7) is 1.66. The van der Waals surface area contributed by atoms with Crippen LogP contribution in [0.2, 0.25) is 0 Å². The number of fused-ring (bicyclic) bond motifs is 1. The van der Waals surface area contributed by atoms with Crippen molar-refractivity contribution < 1.29 is 9.59 Å². The molecule has 0 atom stereocenters. The van der Waals surface area contributed by atoms with Gasteiger partial charge < -0.3 is 19.4 Å². The molecule has 0 saturated heterocycles. The molecule has 1 fully saturated rings. The highest BCUT2D eigenvalue weighted by Crippen LogP contribution is 2.19. The van der Waals surface area contributed by atoms with Crippen molar-refractivity contribution in [2.75, 3.05) is 13.1 Å². The Balaban J connectivity index is 1.43. The average molecular weight is 369 g/mol. The van der Waals surface area contributed by atoms with E-state index in [9.17, 15) is 14.4 Å². The lowest BCUT2D eigenvalue weighted by Crippen LogP contribution is -2.39. The molecule has 142 valence electrons. The largest absolute Gasteiger partial charge is 0.348 e. The van der Waals surface area contributed by atoms with Gasteiger partial charge in [-0.3, -0.25) is 14.4 Å².